The summed E-state index contributed by atoms with van der Waals surface area (Å²) in [6.07, 6.45) is 3.45. The van der Waals surface area contributed by atoms with E-state index in [0.29, 0.717) is 17.0 Å². The summed E-state index contributed by atoms with van der Waals surface area (Å²) in [4.78, 5) is 17.2. The number of carbonyl (C=O) groups is 1. The summed E-state index contributed by atoms with van der Waals surface area (Å²) in [7, 11) is 1.64. The first-order chi connectivity index (χ1) is 15.9. The molecule has 0 aliphatic rings. The Morgan fingerprint density at radius 2 is 1.76 bits per heavy atom. The van der Waals surface area contributed by atoms with Crippen LogP contribution in [0.1, 0.15) is 41.6 Å². The van der Waals surface area contributed by atoms with Crippen LogP contribution in [0.4, 0.5) is 0 Å². The molecule has 33 heavy (non-hydrogen) atoms. The van der Waals surface area contributed by atoms with Crippen molar-refractivity contribution in [2.45, 2.75) is 38.9 Å². The van der Waals surface area contributed by atoms with Crippen molar-refractivity contribution in [1.29, 1.82) is 0 Å². The molecule has 0 amide bonds. The van der Waals surface area contributed by atoms with Crippen LogP contribution in [-0.2, 0) is 0 Å². The standard InChI is InChI=1S/C25H27N5O2S/c1-16(2)29-17(3)14-22(18(29)4)23(31)15-33-25-28-27-24(19-10-12-26-13-11-19)30(25)20-6-8-21(32-5)9-7-20/h6-14,16H,15H2,1-5H3. The second-order valence-corrected chi connectivity index (χ2v) is 8.98. The zero-order valence-corrected chi connectivity index (χ0v) is 20.3. The van der Waals surface area contributed by atoms with Crippen LogP contribution in [0.15, 0.2) is 60.0 Å². The van der Waals surface area contributed by atoms with E-state index in [9.17, 15) is 4.79 Å². The van der Waals surface area contributed by atoms with Crippen molar-refractivity contribution in [3.8, 4) is 22.8 Å². The molecule has 0 fully saturated rings. The molecule has 0 aliphatic heterocycles. The second-order valence-electron chi connectivity index (χ2n) is 8.04. The van der Waals surface area contributed by atoms with Crippen LogP contribution in [0, 0.1) is 13.8 Å². The van der Waals surface area contributed by atoms with Gasteiger partial charge in [-0.25, -0.2) is 0 Å². The zero-order valence-electron chi connectivity index (χ0n) is 19.4. The molecule has 3 heterocycles. The molecule has 0 spiro atoms. The number of nitrogens with zero attached hydrogens (tertiary/aromatic N) is 5. The molecular formula is C25H27N5O2S. The molecule has 0 bridgehead atoms. The van der Waals surface area contributed by atoms with Crippen LogP contribution in [0.2, 0.25) is 0 Å². The number of methoxy groups -OCH3 is 1. The average molecular weight is 462 g/mol. The molecule has 0 saturated carbocycles. The quantitative estimate of drug-likeness (QED) is 0.261. The van der Waals surface area contributed by atoms with Gasteiger partial charge in [-0.2, -0.15) is 0 Å². The van der Waals surface area contributed by atoms with Crippen molar-refractivity contribution in [2.75, 3.05) is 12.9 Å². The number of hydrogen-bond donors (Lipinski definition) is 0. The highest BCUT2D eigenvalue weighted by Gasteiger charge is 2.21. The van der Waals surface area contributed by atoms with Gasteiger partial charge >= 0.3 is 0 Å². The molecule has 4 rings (SSSR count). The molecule has 0 radical (unpaired) electrons. The SMILES string of the molecule is COc1ccc(-n2c(SCC(=O)c3cc(C)n(C(C)C)c3C)nnc2-c2ccncc2)cc1. The smallest absolute Gasteiger partial charge is 0.196 e. The van der Waals surface area contributed by atoms with Gasteiger partial charge in [-0.05, 0) is 70.2 Å². The van der Waals surface area contributed by atoms with Gasteiger partial charge in [-0.1, -0.05) is 11.8 Å². The van der Waals surface area contributed by atoms with Crippen molar-refractivity contribution in [1.82, 2.24) is 24.3 Å². The van der Waals surface area contributed by atoms with E-state index < -0.39 is 0 Å². The van der Waals surface area contributed by atoms with Gasteiger partial charge in [0.1, 0.15) is 5.75 Å². The van der Waals surface area contributed by atoms with Crippen LogP contribution in [0.25, 0.3) is 17.1 Å². The lowest BCUT2D eigenvalue weighted by Crippen LogP contribution is -2.09. The summed E-state index contributed by atoms with van der Waals surface area (Å²) in [5, 5.41) is 9.50. The third kappa shape index (κ3) is 4.57. The van der Waals surface area contributed by atoms with Crippen molar-refractivity contribution in [3.05, 3.63) is 71.8 Å². The lowest BCUT2D eigenvalue weighted by atomic mass is 10.2. The minimum absolute atomic E-state index is 0.0785. The lowest BCUT2D eigenvalue weighted by molar-refractivity contribution is 0.102. The van der Waals surface area contributed by atoms with Gasteiger partial charge in [0, 0.05) is 46.6 Å². The second kappa shape index (κ2) is 9.62. The monoisotopic (exact) mass is 461 g/mol. The Morgan fingerprint density at radius 1 is 1.06 bits per heavy atom. The van der Waals surface area contributed by atoms with Crippen LogP contribution >= 0.6 is 11.8 Å². The highest BCUT2D eigenvalue weighted by molar-refractivity contribution is 7.99. The summed E-state index contributed by atoms with van der Waals surface area (Å²) >= 11 is 1.39. The number of pyridine rings is 1. The van der Waals surface area contributed by atoms with E-state index in [-0.39, 0.29) is 11.5 Å². The summed E-state index contributed by atoms with van der Waals surface area (Å²) in [5.41, 5.74) is 4.64. The van der Waals surface area contributed by atoms with Gasteiger partial charge in [-0.3, -0.25) is 14.3 Å². The fourth-order valence-corrected chi connectivity index (χ4v) is 4.91. The van der Waals surface area contributed by atoms with E-state index in [1.54, 1.807) is 19.5 Å². The number of Topliss-reactive ketones (excluding diaryl/α,β-unsaturated/α-hetero) is 1. The lowest BCUT2D eigenvalue weighted by Gasteiger charge is -2.13. The van der Waals surface area contributed by atoms with Gasteiger partial charge in [0.05, 0.1) is 12.9 Å². The Balaban J connectivity index is 1.66. The molecule has 0 atom stereocenters. The van der Waals surface area contributed by atoms with Crippen LogP contribution in [-0.4, -0.2) is 43.0 Å². The minimum Gasteiger partial charge on any atom is -0.497 e. The maximum atomic E-state index is 13.1. The Kier molecular flexibility index (Phi) is 6.65. The molecular weight excluding hydrogens is 434 g/mol. The summed E-state index contributed by atoms with van der Waals surface area (Å²) < 4.78 is 9.45. The van der Waals surface area contributed by atoms with E-state index in [2.05, 4.69) is 33.6 Å². The van der Waals surface area contributed by atoms with Crippen LogP contribution < -0.4 is 4.74 Å². The Bertz CT molecular complexity index is 1260. The maximum Gasteiger partial charge on any atom is 0.196 e. The van der Waals surface area contributed by atoms with Crippen molar-refractivity contribution < 1.29 is 9.53 Å². The van der Waals surface area contributed by atoms with E-state index in [1.807, 2.05) is 60.9 Å². The highest BCUT2D eigenvalue weighted by atomic mass is 32.2. The van der Waals surface area contributed by atoms with Gasteiger partial charge in [0.25, 0.3) is 0 Å². The number of thioether (sulfide) groups is 1. The fraction of sp³-hybridized carbons (Fsp3) is 0.280. The molecule has 3 aromatic heterocycles. The number of ketones is 1. The molecule has 0 saturated heterocycles. The van der Waals surface area contributed by atoms with Crippen LogP contribution in [0.3, 0.4) is 0 Å². The third-order valence-electron chi connectivity index (χ3n) is 5.54. The molecule has 4 aromatic rings. The van der Waals surface area contributed by atoms with E-state index >= 15 is 0 Å². The molecule has 7 nitrogen and oxygen atoms in total. The highest BCUT2D eigenvalue weighted by Crippen LogP contribution is 2.30. The molecule has 0 N–H and O–H groups in total. The number of benzene rings is 1. The first-order valence-electron chi connectivity index (χ1n) is 10.8. The normalized spacial score (nSPS) is 11.2. The summed E-state index contributed by atoms with van der Waals surface area (Å²) in [6, 6.07) is 13.8. The topological polar surface area (TPSA) is 74.8 Å². The summed E-state index contributed by atoms with van der Waals surface area (Å²) in [6.45, 7) is 8.30. The molecule has 8 heteroatoms. The van der Waals surface area contributed by atoms with Crippen molar-refractivity contribution in [3.63, 3.8) is 0 Å². The molecule has 0 unspecified atom stereocenters. The first kappa shape index (κ1) is 22.8. The van der Waals surface area contributed by atoms with Crippen LogP contribution in [0.5, 0.6) is 5.75 Å². The van der Waals surface area contributed by atoms with Gasteiger partial charge in [-0.15, -0.1) is 10.2 Å². The first-order valence-corrected chi connectivity index (χ1v) is 11.7. The number of aromatic nitrogens is 5. The predicted octanol–water partition coefficient (Wildman–Crippen LogP) is 5.31. The van der Waals surface area contributed by atoms with Gasteiger partial charge < -0.3 is 9.30 Å². The van der Waals surface area contributed by atoms with Crippen molar-refractivity contribution >= 4 is 17.5 Å². The van der Waals surface area contributed by atoms with Crippen molar-refractivity contribution in [2.24, 2.45) is 0 Å². The number of ether oxygens (including phenoxy) is 1. The zero-order chi connectivity index (χ0) is 23.5. The summed E-state index contributed by atoms with van der Waals surface area (Å²) in [5.74, 6) is 1.81. The largest absolute Gasteiger partial charge is 0.497 e. The molecule has 170 valence electrons. The number of carbonyl (C=O) groups excluding carboxylic acids is 1. The molecule has 1 aromatic carbocycles. The fourth-order valence-electron chi connectivity index (χ4n) is 4.08. The predicted molar refractivity (Wildman–Crippen MR) is 130 cm³/mol. The minimum atomic E-state index is 0.0785. The number of rotatable bonds is 8. The van der Waals surface area contributed by atoms with E-state index in [1.165, 1.54) is 11.8 Å². The van der Waals surface area contributed by atoms with Gasteiger partial charge in [0.2, 0.25) is 0 Å². The third-order valence-corrected chi connectivity index (χ3v) is 6.46. The average Bonchev–Trinajstić information content (AvgIpc) is 3.38. The number of aryl methyl sites for hydroxylation is 1. The van der Waals surface area contributed by atoms with Gasteiger partial charge in [0.15, 0.2) is 16.8 Å². The Hall–Kier alpha value is -3.39. The Morgan fingerprint density at radius 3 is 2.36 bits per heavy atom. The molecule has 0 aliphatic carbocycles. The Labute approximate surface area is 197 Å². The van der Waals surface area contributed by atoms with E-state index in [0.717, 1.165) is 34.0 Å². The number of hydrogen-bond acceptors (Lipinski definition) is 6. The maximum absolute atomic E-state index is 13.1. The van der Waals surface area contributed by atoms with E-state index in [4.69, 9.17) is 4.74 Å².